The number of halogens is 4. The zero-order chi connectivity index (χ0) is 18.3. The molecule has 2 aliphatic rings. The molecule has 2 aromatic rings. The van der Waals surface area contributed by atoms with Gasteiger partial charge in [-0.25, -0.2) is 4.98 Å². The Morgan fingerprint density at radius 3 is 2.82 bits per heavy atom. The summed E-state index contributed by atoms with van der Waals surface area (Å²) < 4.78 is 28.2. The van der Waals surface area contributed by atoms with E-state index in [2.05, 4.69) is 15.6 Å². The van der Waals surface area contributed by atoms with Crippen LogP contribution in [0.5, 0.6) is 0 Å². The molecule has 2 N–H and O–H groups in total. The normalized spacial score (nSPS) is 24.9. The first-order chi connectivity index (χ1) is 12.5. The molecule has 3 atom stereocenters. The van der Waals surface area contributed by atoms with Gasteiger partial charge in [0.15, 0.2) is 0 Å². The number of imidazole rings is 1. The van der Waals surface area contributed by atoms with E-state index in [1.807, 2.05) is 0 Å². The van der Waals surface area contributed by atoms with Gasteiger partial charge in [-0.05, 0) is 44.4 Å². The lowest BCUT2D eigenvalue weighted by Gasteiger charge is -2.37. The summed E-state index contributed by atoms with van der Waals surface area (Å²) in [5.74, 6) is 0.495. The van der Waals surface area contributed by atoms with Crippen molar-refractivity contribution in [2.75, 3.05) is 13.1 Å². The highest BCUT2D eigenvalue weighted by Gasteiger charge is 2.50. The quantitative estimate of drug-likeness (QED) is 0.756. The van der Waals surface area contributed by atoms with Crippen LogP contribution in [0.1, 0.15) is 51.0 Å². The van der Waals surface area contributed by atoms with E-state index in [-0.39, 0.29) is 36.5 Å². The Kier molecular flexibility index (Phi) is 7.28. The first kappa shape index (κ1) is 22.8. The number of alkyl halides is 2. The molecule has 1 saturated carbocycles. The first-order valence-electron chi connectivity index (χ1n) is 9.29. The Morgan fingerprint density at radius 1 is 1.32 bits per heavy atom. The van der Waals surface area contributed by atoms with Gasteiger partial charge >= 0.3 is 6.55 Å². The Morgan fingerprint density at radius 2 is 2.07 bits per heavy atom. The summed E-state index contributed by atoms with van der Waals surface area (Å²) in [4.78, 5) is 17.5. The first-order valence-corrected chi connectivity index (χ1v) is 9.29. The summed E-state index contributed by atoms with van der Waals surface area (Å²) in [7, 11) is 0. The molecule has 2 heterocycles. The average Bonchev–Trinajstić information content (AvgIpc) is 3.23. The third kappa shape index (κ3) is 3.72. The number of hydrogen-bond acceptors (Lipinski definition) is 3. The molecular weight excluding hydrogens is 409 g/mol. The third-order valence-electron chi connectivity index (χ3n) is 6.04. The van der Waals surface area contributed by atoms with E-state index in [1.165, 1.54) is 0 Å². The molecule has 5 nitrogen and oxygen atoms in total. The van der Waals surface area contributed by atoms with Crippen LogP contribution in [-0.2, 0) is 4.79 Å². The van der Waals surface area contributed by atoms with Crippen LogP contribution >= 0.6 is 24.8 Å². The van der Waals surface area contributed by atoms with Crippen LogP contribution in [-0.4, -0.2) is 28.5 Å². The fourth-order valence-electron chi connectivity index (χ4n) is 4.67. The maximum atomic E-state index is 13.7. The van der Waals surface area contributed by atoms with Crippen molar-refractivity contribution in [3.05, 3.63) is 30.1 Å². The predicted octanol–water partition coefficient (Wildman–Crippen LogP) is 4.23. The number of benzene rings is 1. The molecule has 156 valence electrons. The molecule has 0 radical (unpaired) electrons. The van der Waals surface area contributed by atoms with Crippen LogP contribution in [0.3, 0.4) is 0 Å². The minimum absolute atomic E-state index is 0. The van der Waals surface area contributed by atoms with Crippen LogP contribution < -0.4 is 10.6 Å². The second-order valence-corrected chi connectivity index (χ2v) is 7.53. The maximum Gasteiger partial charge on any atom is 0.320 e. The van der Waals surface area contributed by atoms with E-state index >= 15 is 0 Å². The molecule has 0 spiro atoms. The van der Waals surface area contributed by atoms with Gasteiger partial charge in [-0.3, -0.25) is 9.36 Å². The Bertz CT molecular complexity index is 831. The molecule has 2 fully saturated rings. The van der Waals surface area contributed by atoms with Gasteiger partial charge in [0.05, 0.1) is 22.5 Å². The Hall–Kier alpha value is -1.44. The molecule has 1 aliphatic heterocycles. The number of hydrogen-bond donors (Lipinski definition) is 2. The standard InChI is InChI=1S/C19H24F2N4O.2ClH/c1-12(16-24-14-7-2-3-8-15(14)25(16)18(20)21)23-17(26)19-9-5-4-6-13(19)10-22-11-19;;/h2-3,7-8,12-13,18,22H,4-6,9-11H2,1H3,(H,23,26);2*1H/t12?,13-,19+;;/m0../s1. The number of carbonyl (C=O) groups excluding carboxylic acids is 1. The number of para-hydroxylation sites is 2. The molecule has 1 amide bonds. The number of fused-ring (bicyclic) bond motifs is 2. The van der Waals surface area contributed by atoms with Crippen molar-refractivity contribution in [1.29, 1.82) is 0 Å². The molecule has 28 heavy (non-hydrogen) atoms. The van der Waals surface area contributed by atoms with Gasteiger partial charge in [-0.2, -0.15) is 8.78 Å². The van der Waals surface area contributed by atoms with Crippen molar-refractivity contribution < 1.29 is 13.6 Å². The van der Waals surface area contributed by atoms with Gasteiger partial charge in [-0.1, -0.05) is 25.0 Å². The molecule has 9 heteroatoms. The predicted molar refractivity (Wildman–Crippen MR) is 109 cm³/mol. The van der Waals surface area contributed by atoms with E-state index < -0.39 is 18.0 Å². The molecule has 1 aromatic carbocycles. The highest BCUT2D eigenvalue weighted by molar-refractivity contribution is 5.86. The number of amides is 1. The summed E-state index contributed by atoms with van der Waals surface area (Å²) in [5, 5.41) is 6.34. The van der Waals surface area contributed by atoms with Crippen molar-refractivity contribution in [3.8, 4) is 0 Å². The number of nitrogens with zero attached hydrogens (tertiary/aromatic N) is 2. The third-order valence-corrected chi connectivity index (χ3v) is 6.04. The molecule has 1 aliphatic carbocycles. The molecule has 1 unspecified atom stereocenters. The summed E-state index contributed by atoms with van der Waals surface area (Å²) in [5.41, 5.74) is 0.490. The highest BCUT2D eigenvalue weighted by Crippen LogP contribution is 2.44. The average molecular weight is 435 g/mol. The Labute approximate surface area is 175 Å². The molecule has 1 aromatic heterocycles. The largest absolute Gasteiger partial charge is 0.346 e. The lowest BCUT2D eigenvalue weighted by Crippen LogP contribution is -2.48. The van der Waals surface area contributed by atoms with Crippen molar-refractivity contribution in [2.45, 2.75) is 45.2 Å². The number of nitrogens with one attached hydrogen (secondary N) is 2. The molecule has 1 saturated heterocycles. The zero-order valence-electron chi connectivity index (χ0n) is 15.7. The monoisotopic (exact) mass is 434 g/mol. The summed E-state index contributed by atoms with van der Waals surface area (Å²) in [6.07, 6.45) is 4.09. The summed E-state index contributed by atoms with van der Waals surface area (Å²) in [6, 6.07) is 6.24. The van der Waals surface area contributed by atoms with Gasteiger partial charge in [0, 0.05) is 6.54 Å². The van der Waals surface area contributed by atoms with Crippen LogP contribution in [0, 0.1) is 11.3 Å². The van der Waals surface area contributed by atoms with Gasteiger partial charge in [0.25, 0.3) is 0 Å². The van der Waals surface area contributed by atoms with E-state index in [0.29, 0.717) is 23.5 Å². The van der Waals surface area contributed by atoms with Crippen LogP contribution in [0.15, 0.2) is 24.3 Å². The second-order valence-electron chi connectivity index (χ2n) is 7.53. The fourth-order valence-corrected chi connectivity index (χ4v) is 4.67. The number of aromatic nitrogens is 2. The van der Waals surface area contributed by atoms with E-state index in [9.17, 15) is 13.6 Å². The van der Waals surface area contributed by atoms with E-state index in [1.54, 1.807) is 31.2 Å². The SMILES string of the molecule is CC(NC(=O)[C@@]12CCCC[C@H]1CNC2)c1nc2ccccc2n1C(F)F.Cl.Cl. The van der Waals surface area contributed by atoms with Crippen LogP contribution in [0.25, 0.3) is 11.0 Å². The van der Waals surface area contributed by atoms with Gasteiger partial charge in [0.1, 0.15) is 5.82 Å². The number of rotatable bonds is 4. The number of carbonyl (C=O) groups is 1. The Balaban J connectivity index is 0.00000140. The zero-order valence-corrected chi connectivity index (χ0v) is 17.3. The van der Waals surface area contributed by atoms with Crippen molar-refractivity contribution in [1.82, 2.24) is 20.2 Å². The fraction of sp³-hybridized carbons (Fsp3) is 0.579. The molecule has 0 bridgehead atoms. The smallest absolute Gasteiger partial charge is 0.320 e. The second kappa shape index (κ2) is 8.93. The minimum atomic E-state index is -2.70. The minimum Gasteiger partial charge on any atom is -0.346 e. The van der Waals surface area contributed by atoms with Crippen molar-refractivity contribution in [2.24, 2.45) is 11.3 Å². The summed E-state index contributed by atoms with van der Waals surface area (Å²) in [6.45, 7) is 0.554. The van der Waals surface area contributed by atoms with Gasteiger partial charge in [-0.15, -0.1) is 24.8 Å². The van der Waals surface area contributed by atoms with Crippen molar-refractivity contribution in [3.63, 3.8) is 0 Å². The lowest BCUT2D eigenvalue weighted by molar-refractivity contribution is -0.134. The van der Waals surface area contributed by atoms with Gasteiger partial charge < -0.3 is 10.6 Å². The van der Waals surface area contributed by atoms with Crippen LogP contribution in [0.4, 0.5) is 8.78 Å². The molecule has 4 rings (SSSR count). The maximum absolute atomic E-state index is 13.7. The van der Waals surface area contributed by atoms with E-state index in [4.69, 9.17) is 0 Å². The van der Waals surface area contributed by atoms with E-state index in [0.717, 1.165) is 36.8 Å². The van der Waals surface area contributed by atoms with Crippen molar-refractivity contribution >= 4 is 41.8 Å². The topological polar surface area (TPSA) is 59.0 Å². The lowest BCUT2D eigenvalue weighted by atomic mass is 9.67. The summed E-state index contributed by atoms with van der Waals surface area (Å²) >= 11 is 0. The van der Waals surface area contributed by atoms with Crippen LogP contribution in [0.2, 0.25) is 0 Å². The molecular formula is C19H26Cl2F2N4O. The highest BCUT2D eigenvalue weighted by atomic mass is 35.5. The van der Waals surface area contributed by atoms with Gasteiger partial charge in [0.2, 0.25) is 5.91 Å².